The molecule has 4 rings (SSSR count). The van der Waals surface area contributed by atoms with Gasteiger partial charge in [0.25, 0.3) is 5.91 Å². The van der Waals surface area contributed by atoms with E-state index in [1.54, 1.807) is 24.0 Å². The molecule has 34 heavy (non-hydrogen) atoms. The van der Waals surface area contributed by atoms with Gasteiger partial charge < -0.3 is 15.5 Å². The van der Waals surface area contributed by atoms with Gasteiger partial charge in [0, 0.05) is 37.6 Å². The highest BCUT2D eigenvalue weighted by atomic mass is 19.4. The van der Waals surface area contributed by atoms with Gasteiger partial charge in [0.1, 0.15) is 5.69 Å². The van der Waals surface area contributed by atoms with Crippen molar-refractivity contribution in [2.24, 2.45) is 23.5 Å². The molecule has 2 fully saturated rings. The van der Waals surface area contributed by atoms with E-state index in [1.807, 2.05) is 4.90 Å². The molecule has 0 saturated carbocycles. The molecule has 3 N–H and O–H groups in total. The number of alkyl halides is 3. The molecule has 180 valence electrons. The Morgan fingerprint density at radius 2 is 1.91 bits per heavy atom. The number of carbonyl (C=O) groups is 2. The predicted molar refractivity (Wildman–Crippen MR) is 116 cm³/mol. The van der Waals surface area contributed by atoms with Crippen molar-refractivity contribution < 1.29 is 22.8 Å². The standard InChI is InChI=1S/C23H25F3N6O2/c1-13-8-20(30-29-13)22(34)32-11-17(18(12-32)21(28)33)14-4-6-31(7-5-14)16-3-2-15(10-27)19(9-16)23(24,25)26/h2-3,8-9,14,17-18H,4-7,11-12H2,1H3,(H2,28,33)(H,29,30)/t17-,18+/m0/s1. The summed E-state index contributed by atoms with van der Waals surface area (Å²) in [5.41, 5.74) is 5.77. The minimum absolute atomic E-state index is 0.105. The topological polar surface area (TPSA) is 119 Å². The lowest BCUT2D eigenvalue weighted by molar-refractivity contribution is -0.137. The Morgan fingerprint density at radius 1 is 1.21 bits per heavy atom. The zero-order chi connectivity index (χ0) is 24.6. The summed E-state index contributed by atoms with van der Waals surface area (Å²) in [6, 6.07) is 7.00. The summed E-state index contributed by atoms with van der Waals surface area (Å²) >= 11 is 0. The Kier molecular flexibility index (Phi) is 6.25. The van der Waals surface area contributed by atoms with E-state index in [0.717, 1.165) is 11.8 Å². The molecule has 0 radical (unpaired) electrons. The maximum absolute atomic E-state index is 13.3. The summed E-state index contributed by atoms with van der Waals surface area (Å²) in [6.45, 7) is 3.42. The molecule has 11 heteroatoms. The number of piperidine rings is 1. The number of aromatic amines is 1. The van der Waals surface area contributed by atoms with Crippen LogP contribution in [0.5, 0.6) is 0 Å². The molecule has 2 aliphatic rings. The van der Waals surface area contributed by atoms with Crippen molar-refractivity contribution in [1.82, 2.24) is 15.1 Å². The number of nitrogens with one attached hydrogen (secondary N) is 1. The summed E-state index contributed by atoms with van der Waals surface area (Å²) in [7, 11) is 0. The van der Waals surface area contributed by atoms with Crippen LogP contribution in [0.15, 0.2) is 24.3 Å². The number of nitrogens with zero attached hydrogens (tertiary/aromatic N) is 4. The summed E-state index contributed by atoms with van der Waals surface area (Å²) in [5.74, 6) is -1.20. The van der Waals surface area contributed by atoms with Crippen LogP contribution in [0.4, 0.5) is 18.9 Å². The number of primary amides is 1. The minimum Gasteiger partial charge on any atom is -0.372 e. The van der Waals surface area contributed by atoms with E-state index >= 15 is 0 Å². The fourth-order valence-corrected chi connectivity index (χ4v) is 5.11. The summed E-state index contributed by atoms with van der Waals surface area (Å²) in [4.78, 5) is 28.5. The number of aryl methyl sites for hydroxylation is 1. The Balaban J connectivity index is 1.45. The zero-order valence-electron chi connectivity index (χ0n) is 18.6. The van der Waals surface area contributed by atoms with E-state index in [-0.39, 0.29) is 30.0 Å². The van der Waals surface area contributed by atoms with Gasteiger partial charge in [-0.2, -0.15) is 23.5 Å². The zero-order valence-corrected chi connectivity index (χ0v) is 18.6. The molecule has 2 amide bonds. The van der Waals surface area contributed by atoms with Gasteiger partial charge in [-0.25, -0.2) is 0 Å². The molecule has 2 aliphatic heterocycles. The van der Waals surface area contributed by atoms with Crippen LogP contribution in [-0.4, -0.2) is 53.1 Å². The summed E-state index contributed by atoms with van der Waals surface area (Å²) in [5, 5.41) is 15.8. The molecule has 3 heterocycles. The van der Waals surface area contributed by atoms with E-state index in [2.05, 4.69) is 10.2 Å². The number of amides is 2. The number of hydrogen-bond acceptors (Lipinski definition) is 5. The number of benzene rings is 1. The molecular weight excluding hydrogens is 449 g/mol. The number of rotatable bonds is 4. The van der Waals surface area contributed by atoms with Gasteiger partial charge >= 0.3 is 6.18 Å². The lowest BCUT2D eigenvalue weighted by atomic mass is 9.78. The Morgan fingerprint density at radius 3 is 2.47 bits per heavy atom. The number of nitrogens with two attached hydrogens (primary N) is 1. The average Bonchev–Trinajstić information content (AvgIpc) is 3.45. The van der Waals surface area contributed by atoms with Gasteiger partial charge in [-0.1, -0.05) is 0 Å². The second-order valence-corrected chi connectivity index (χ2v) is 8.98. The number of hydrogen-bond donors (Lipinski definition) is 2. The third-order valence-electron chi connectivity index (χ3n) is 6.88. The first-order chi connectivity index (χ1) is 16.1. The van der Waals surface area contributed by atoms with Crippen LogP contribution >= 0.6 is 0 Å². The Labute approximate surface area is 194 Å². The van der Waals surface area contributed by atoms with Crippen LogP contribution in [0.1, 0.15) is 40.2 Å². The normalized spacial score (nSPS) is 21.5. The lowest BCUT2D eigenvalue weighted by Gasteiger charge is -2.37. The van der Waals surface area contributed by atoms with Crippen molar-refractivity contribution in [3.8, 4) is 6.07 Å². The molecule has 2 atom stereocenters. The number of likely N-dealkylation sites (tertiary alicyclic amines) is 1. The monoisotopic (exact) mass is 474 g/mol. The molecule has 1 aromatic heterocycles. The van der Waals surface area contributed by atoms with Crippen LogP contribution in [0, 0.1) is 36.0 Å². The maximum atomic E-state index is 13.3. The molecular formula is C23H25F3N6O2. The second-order valence-electron chi connectivity index (χ2n) is 8.98. The Bertz CT molecular complexity index is 1130. The van der Waals surface area contributed by atoms with E-state index in [4.69, 9.17) is 11.0 Å². The Hall–Kier alpha value is -3.55. The van der Waals surface area contributed by atoms with Crippen LogP contribution < -0.4 is 10.6 Å². The summed E-state index contributed by atoms with van der Waals surface area (Å²) < 4.78 is 40.0. The summed E-state index contributed by atoms with van der Waals surface area (Å²) in [6.07, 6.45) is -3.31. The van der Waals surface area contributed by atoms with Crippen molar-refractivity contribution in [2.45, 2.75) is 25.9 Å². The maximum Gasteiger partial charge on any atom is 0.417 e. The SMILES string of the molecule is Cc1cc(C(=O)N2C[C@@H](C(N)=O)[C@H](C3CCN(c4ccc(C#N)c(C(F)(F)F)c4)CC3)C2)n[nH]1. The van der Waals surface area contributed by atoms with E-state index in [1.165, 1.54) is 12.1 Å². The van der Waals surface area contributed by atoms with Gasteiger partial charge in [-0.3, -0.25) is 14.7 Å². The minimum atomic E-state index is -4.61. The molecule has 2 saturated heterocycles. The third kappa shape index (κ3) is 4.58. The molecule has 8 nitrogen and oxygen atoms in total. The van der Waals surface area contributed by atoms with Gasteiger partial charge in [-0.15, -0.1) is 0 Å². The van der Waals surface area contributed by atoms with Gasteiger partial charge in [0.15, 0.2) is 0 Å². The average molecular weight is 474 g/mol. The van der Waals surface area contributed by atoms with Crippen molar-refractivity contribution in [2.75, 3.05) is 31.1 Å². The van der Waals surface area contributed by atoms with E-state index in [0.29, 0.717) is 38.2 Å². The number of anilines is 1. The largest absolute Gasteiger partial charge is 0.417 e. The number of halogens is 3. The number of nitriles is 1. The first kappa shape index (κ1) is 23.6. The van der Waals surface area contributed by atoms with Crippen molar-refractivity contribution in [3.05, 3.63) is 46.8 Å². The number of aromatic nitrogens is 2. The van der Waals surface area contributed by atoms with Crippen molar-refractivity contribution in [1.29, 1.82) is 5.26 Å². The van der Waals surface area contributed by atoms with E-state index in [9.17, 15) is 22.8 Å². The van der Waals surface area contributed by atoms with Crippen LogP contribution in [0.3, 0.4) is 0 Å². The third-order valence-corrected chi connectivity index (χ3v) is 6.88. The van der Waals surface area contributed by atoms with Gasteiger partial charge in [0.2, 0.25) is 5.91 Å². The molecule has 0 aliphatic carbocycles. The van der Waals surface area contributed by atoms with Crippen LogP contribution in [-0.2, 0) is 11.0 Å². The second kappa shape index (κ2) is 9.00. The first-order valence-electron chi connectivity index (χ1n) is 11.1. The van der Waals surface area contributed by atoms with Crippen LogP contribution in [0.25, 0.3) is 0 Å². The number of H-pyrrole nitrogens is 1. The highest BCUT2D eigenvalue weighted by molar-refractivity contribution is 5.93. The van der Waals surface area contributed by atoms with Gasteiger partial charge in [-0.05, 0) is 55.9 Å². The first-order valence-corrected chi connectivity index (χ1v) is 11.1. The van der Waals surface area contributed by atoms with E-state index < -0.39 is 29.1 Å². The quantitative estimate of drug-likeness (QED) is 0.706. The van der Waals surface area contributed by atoms with Gasteiger partial charge in [0.05, 0.1) is 23.1 Å². The molecule has 0 bridgehead atoms. The fourth-order valence-electron chi connectivity index (χ4n) is 5.11. The number of carbonyl (C=O) groups excluding carboxylic acids is 2. The molecule has 0 spiro atoms. The molecule has 1 aromatic carbocycles. The van der Waals surface area contributed by atoms with Crippen molar-refractivity contribution in [3.63, 3.8) is 0 Å². The van der Waals surface area contributed by atoms with Crippen LogP contribution in [0.2, 0.25) is 0 Å². The van der Waals surface area contributed by atoms with Crippen molar-refractivity contribution >= 4 is 17.5 Å². The molecule has 2 aromatic rings. The highest BCUT2D eigenvalue weighted by Crippen LogP contribution is 2.39. The molecule has 0 unspecified atom stereocenters. The smallest absolute Gasteiger partial charge is 0.372 e. The predicted octanol–water partition coefficient (Wildman–Crippen LogP) is 2.70. The highest BCUT2D eigenvalue weighted by Gasteiger charge is 2.44. The lowest BCUT2D eigenvalue weighted by Crippen LogP contribution is -2.40. The fraction of sp³-hybridized carbons (Fsp3) is 0.478.